The zero-order chi connectivity index (χ0) is 23.5. The van der Waals surface area contributed by atoms with Crippen LogP contribution >= 0.6 is 0 Å². The van der Waals surface area contributed by atoms with E-state index in [1.807, 2.05) is 7.11 Å². The molecule has 0 amide bonds. The van der Waals surface area contributed by atoms with Crippen molar-refractivity contribution in [3.63, 3.8) is 0 Å². The molecule has 0 aromatic carbocycles. The van der Waals surface area contributed by atoms with Gasteiger partial charge in [-0.1, -0.05) is 53.2 Å². The van der Waals surface area contributed by atoms with Gasteiger partial charge in [0.2, 0.25) is 5.79 Å². The van der Waals surface area contributed by atoms with Crippen molar-refractivity contribution in [3.05, 3.63) is 11.6 Å². The lowest BCUT2D eigenvalue weighted by Crippen LogP contribution is -2.72. The molecule has 4 nitrogen and oxygen atoms in total. The Balaban J connectivity index is 1.68. The normalized spacial score (nSPS) is 49.4. The summed E-state index contributed by atoms with van der Waals surface area (Å²) in [5.74, 6) is 0.321. The number of methoxy groups -OCH3 is 1. The van der Waals surface area contributed by atoms with Crippen LogP contribution < -0.4 is 0 Å². The molecule has 4 fully saturated rings. The monoisotopic (exact) mass is 462 g/mol. The van der Waals surface area contributed by atoms with E-state index in [4.69, 9.17) is 18.6 Å². The lowest BCUT2D eigenvalue weighted by molar-refractivity contribution is -0.339. The molecule has 3 saturated heterocycles. The fourth-order valence-corrected chi connectivity index (χ4v) is 10.1. The molecule has 0 aromatic heterocycles. The molecular weight excluding hydrogens is 416 g/mol. The molecule has 2 aliphatic carbocycles. The summed E-state index contributed by atoms with van der Waals surface area (Å²) in [6.07, 6.45) is 7.05. The van der Waals surface area contributed by atoms with Gasteiger partial charge in [-0.05, 0) is 56.2 Å². The van der Waals surface area contributed by atoms with Gasteiger partial charge >= 0.3 is 0 Å². The number of hydrogen-bond donors (Lipinski definition) is 0. The third-order valence-electron chi connectivity index (χ3n) is 11.1. The summed E-state index contributed by atoms with van der Waals surface area (Å²) >= 11 is 0. The zero-order valence-corrected chi connectivity index (χ0v) is 23.1. The average Bonchev–Trinajstić information content (AvgIpc) is 3.14. The van der Waals surface area contributed by atoms with Crippen LogP contribution in [0, 0.1) is 28.6 Å². The third kappa shape index (κ3) is 2.53. The molecule has 3 aliphatic heterocycles. The lowest BCUT2D eigenvalue weighted by atomic mass is 9.47. The molecule has 1 spiro atoms. The minimum atomic E-state index is -1.94. The first-order valence-electron chi connectivity index (χ1n) is 12.9. The molecule has 1 saturated carbocycles. The van der Waals surface area contributed by atoms with Gasteiger partial charge in [-0.25, -0.2) is 0 Å². The minimum Gasteiger partial charge on any atom is -0.413 e. The average molecular weight is 463 g/mol. The van der Waals surface area contributed by atoms with E-state index in [2.05, 4.69) is 67.6 Å². The maximum Gasteiger partial charge on any atom is 0.202 e. The van der Waals surface area contributed by atoms with Gasteiger partial charge in [-0.15, -0.1) is 0 Å². The number of hydrogen-bond acceptors (Lipinski definition) is 4. The Bertz CT molecular complexity index is 828. The first-order valence-corrected chi connectivity index (χ1v) is 15.8. The molecule has 5 aliphatic rings. The number of ether oxygens (including phenoxy) is 3. The third-order valence-corrected chi connectivity index (χ3v) is 15.6. The Morgan fingerprint density at radius 3 is 2.44 bits per heavy atom. The van der Waals surface area contributed by atoms with Crippen LogP contribution in [0.5, 0.6) is 0 Å². The highest BCUT2D eigenvalue weighted by molar-refractivity contribution is 6.74. The predicted octanol–water partition coefficient (Wildman–Crippen LogP) is 6.32. The SMILES string of the molecule is CO[C@]12OC[C@H]3CC[C@H](O[Si](C)(C)C(C)(C)C)[C@@]4(C)C[C@@H](O[C@]314)[C@H]1C(C)=CC[C@@H]2C1(C)C. The van der Waals surface area contributed by atoms with Crippen molar-refractivity contribution >= 4 is 8.32 Å². The lowest BCUT2D eigenvalue weighted by Gasteiger charge is -2.61. The summed E-state index contributed by atoms with van der Waals surface area (Å²) in [7, 11) is -0.0668. The highest BCUT2D eigenvalue weighted by Gasteiger charge is 2.83. The van der Waals surface area contributed by atoms with E-state index in [1.165, 1.54) is 5.57 Å². The first-order chi connectivity index (χ1) is 14.7. The smallest absolute Gasteiger partial charge is 0.202 e. The van der Waals surface area contributed by atoms with E-state index in [1.54, 1.807) is 0 Å². The van der Waals surface area contributed by atoms with E-state index in [0.29, 0.717) is 11.8 Å². The summed E-state index contributed by atoms with van der Waals surface area (Å²) in [4.78, 5) is 0. The molecule has 0 N–H and O–H groups in total. The van der Waals surface area contributed by atoms with Crippen LogP contribution in [-0.2, 0) is 18.6 Å². The molecule has 0 unspecified atom stereocenters. The van der Waals surface area contributed by atoms with Crippen molar-refractivity contribution in [1.29, 1.82) is 0 Å². The van der Waals surface area contributed by atoms with Crippen LogP contribution in [0.3, 0.4) is 0 Å². The van der Waals surface area contributed by atoms with Crippen molar-refractivity contribution < 1.29 is 18.6 Å². The van der Waals surface area contributed by atoms with Crippen molar-refractivity contribution in [2.45, 2.75) is 116 Å². The summed E-state index contributed by atoms with van der Waals surface area (Å²) in [6, 6.07) is 0. The largest absolute Gasteiger partial charge is 0.413 e. The molecular formula is C27H46O4Si. The molecule has 0 radical (unpaired) electrons. The van der Waals surface area contributed by atoms with Gasteiger partial charge in [0.25, 0.3) is 0 Å². The molecule has 32 heavy (non-hydrogen) atoms. The van der Waals surface area contributed by atoms with Gasteiger partial charge in [-0.2, -0.15) is 0 Å². The van der Waals surface area contributed by atoms with Crippen molar-refractivity contribution in [1.82, 2.24) is 0 Å². The second-order valence-electron chi connectivity index (χ2n) is 13.9. The number of fused-ring (bicyclic) bond motifs is 5. The number of rotatable bonds is 3. The highest BCUT2D eigenvalue weighted by atomic mass is 28.4. The first kappa shape index (κ1) is 23.5. The quantitative estimate of drug-likeness (QED) is 0.363. The molecule has 5 heteroatoms. The Hall–Kier alpha value is -0.203. The van der Waals surface area contributed by atoms with Gasteiger partial charge in [-0.3, -0.25) is 0 Å². The highest BCUT2D eigenvalue weighted by Crippen LogP contribution is 2.74. The Morgan fingerprint density at radius 2 is 1.81 bits per heavy atom. The molecule has 0 aromatic rings. The van der Waals surface area contributed by atoms with E-state index in [9.17, 15) is 0 Å². The van der Waals surface area contributed by atoms with Crippen LogP contribution in [0.15, 0.2) is 11.6 Å². The van der Waals surface area contributed by atoms with Crippen LogP contribution in [0.4, 0.5) is 0 Å². The molecule has 182 valence electrons. The predicted molar refractivity (Wildman–Crippen MR) is 130 cm³/mol. The van der Waals surface area contributed by atoms with E-state index in [-0.39, 0.29) is 34.0 Å². The van der Waals surface area contributed by atoms with Crippen LogP contribution in [0.2, 0.25) is 18.1 Å². The Morgan fingerprint density at radius 1 is 1.12 bits per heavy atom. The summed E-state index contributed by atoms with van der Waals surface area (Å²) < 4.78 is 28.1. The van der Waals surface area contributed by atoms with Crippen LogP contribution in [0.1, 0.15) is 74.1 Å². The Labute approximate surface area is 196 Å². The molecule has 4 bridgehead atoms. The van der Waals surface area contributed by atoms with Crippen molar-refractivity contribution in [2.75, 3.05) is 13.7 Å². The standard InChI is InChI=1S/C27H46O4Si/c1-17-11-13-20-24(5,6)22(17)19-15-25(7)21(31-32(9,10)23(2,3)4)14-12-18-16-29-27(20,28-8)26(18,25)30-19/h11,18-22H,12-16H2,1-10H3/t18-,19-,20-,21+,22-,25-,26+,27-/m1/s1. The van der Waals surface area contributed by atoms with Crippen LogP contribution in [-0.4, -0.2) is 45.6 Å². The zero-order valence-electron chi connectivity index (χ0n) is 22.1. The van der Waals surface area contributed by atoms with Crippen molar-refractivity contribution in [3.8, 4) is 0 Å². The van der Waals surface area contributed by atoms with Crippen molar-refractivity contribution in [2.24, 2.45) is 28.6 Å². The van der Waals surface area contributed by atoms with Gasteiger partial charge in [0.15, 0.2) is 8.32 Å². The summed E-state index contributed by atoms with van der Waals surface area (Å²) in [5.41, 5.74) is 0.985. The Kier molecular flexibility index (Phi) is 4.94. The topological polar surface area (TPSA) is 36.9 Å². The molecule has 5 rings (SSSR count). The fourth-order valence-electron chi connectivity index (χ4n) is 8.66. The molecule has 3 heterocycles. The minimum absolute atomic E-state index is 0.0620. The number of allylic oxidation sites excluding steroid dienone is 1. The fraction of sp³-hybridized carbons (Fsp3) is 0.926. The summed E-state index contributed by atoms with van der Waals surface area (Å²) in [6.45, 7) is 22.2. The molecule has 8 atom stereocenters. The van der Waals surface area contributed by atoms with Gasteiger partial charge in [0, 0.05) is 30.3 Å². The maximum absolute atomic E-state index is 7.39. The van der Waals surface area contributed by atoms with E-state index >= 15 is 0 Å². The maximum atomic E-state index is 7.39. The van der Waals surface area contributed by atoms with Gasteiger partial charge in [0.05, 0.1) is 18.8 Å². The van der Waals surface area contributed by atoms with Gasteiger partial charge < -0.3 is 18.6 Å². The van der Waals surface area contributed by atoms with Crippen LogP contribution in [0.25, 0.3) is 0 Å². The second kappa shape index (κ2) is 6.72. The van der Waals surface area contributed by atoms with E-state index < -0.39 is 19.7 Å². The van der Waals surface area contributed by atoms with E-state index in [0.717, 1.165) is 32.3 Å². The summed E-state index contributed by atoms with van der Waals surface area (Å²) in [5, 5.41) is 0.186. The van der Waals surface area contributed by atoms with Gasteiger partial charge in [0.1, 0.15) is 5.60 Å². The second-order valence-corrected chi connectivity index (χ2v) is 18.6.